The number of aromatic amines is 1. The number of thiophene rings is 1. The van der Waals surface area contributed by atoms with E-state index in [0.717, 1.165) is 52.4 Å². The average Bonchev–Trinajstić information content (AvgIpc) is 3.23. The minimum Gasteiger partial charge on any atom is -0.337 e. The van der Waals surface area contributed by atoms with Gasteiger partial charge in [-0.3, -0.25) is 4.79 Å². The predicted octanol–water partition coefficient (Wildman–Crippen LogP) is 5.02. The van der Waals surface area contributed by atoms with Crippen LogP contribution >= 0.6 is 11.3 Å². The zero-order valence-corrected chi connectivity index (χ0v) is 16.0. The highest BCUT2D eigenvalue weighted by Crippen LogP contribution is 2.43. The Morgan fingerprint density at radius 2 is 2.08 bits per heavy atom. The molecule has 130 valence electrons. The number of fused-ring (bicyclic) bond motifs is 2. The van der Waals surface area contributed by atoms with E-state index in [1.54, 1.807) is 11.3 Å². The van der Waals surface area contributed by atoms with E-state index in [2.05, 4.69) is 43.1 Å². The summed E-state index contributed by atoms with van der Waals surface area (Å²) in [4.78, 5) is 25.5. The van der Waals surface area contributed by atoms with Crippen LogP contribution in [-0.2, 0) is 10.2 Å². The monoisotopic (exact) mass is 353 g/mol. The van der Waals surface area contributed by atoms with Crippen molar-refractivity contribution in [1.29, 1.82) is 0 Å². The van der Waals surface area contributed by atoms with Crippen molar-refractivity contribution in [2.24, 2.45) is 0 Å². The van der Waals surface area contributed by atoms with Crippen molar-refractivity contribution in [2.45, 2.75) is 46.0 Å². The third-order valence-corrected chi connectivity index (χ3v) is 6.06. The highest BCUT2D eigenvalue weighted by Gasteiger charge is 2.43. The Hall–Kier alpha value is -2.14. The number of hydrogen-bond acceptors (Lipinski definition) is 3. The average molecular weight is 353 g/mol. The first-order valence-electron chi connectivity index (χ1n) is 8.85. The molecule has 1 amide bonds. The third-order valence-electron chi connectivity index (χ3n) is 5.05. The second kappa shape index (κ2) is 5.70. The number of amides is 1. The molecule has 3 aromatic rings. The van der Waals surface area contributed by atoms with Gasteiger partial charge in [0.15, 0.2) is 0 Å². The molecule has 4 nitrogen and oxygen atoms in total. The van der Waals surface area contributed by atoms with Crippen LogP contribution in [0.1, 0.15) is 44.1 Å². The first-order valence-corrected chi connectivity index (χ1v) is 9.66. The van der Waals surface area contributed by atoms with Crippen LogP contribution in [0.15, 0.2) is 24.3 Å². The largest absolute Gasteiger partial charge is 0.337 e. The summed E-state index contributed by atoms with van der Waals surface area (Å²) in [6.45, 7) is 9.07. The fraction of sp³-hybridized carbons (Fsp3) is 0.400. The van der Waals surface area contributed by atoms with Gasteiger partial charge in [-0.25, -0.2) is 4.98 Å². The van der Waals surface area contributed by atoms with Gasteiger partial charge in [-0.15, -0.1) is 11.3 Å². The number of carbonyl (C=O) groups excluding carboxylic acids is 1. The second-order valence-corrected chi connectivity index (χ2v) is 8.61. The lowest BCUT2D eigenvalue weighted by molar-refractivity contribution is -0.122. The molecule has 0 atom stereocenters. The molecule has 1 aliphatic rings. The van der Waals surface area contributed by atoms with Gasteiger partial charge < -0.3 is 9.88 Å². The van der Waals surface area contributed by atoms with Crippen LogP contribution in [0, 0.1) is 6.92 Å². The second-order valence-electron chi connectivity index (χ2n) is 7.32. The van der Waals surface area contributed by atoms with Gasteiger partial charge in [-0.05, 0) is 57.0 Å². The normalized spacial score (nSPS) is 16.0. The number of H-pyrrole nitrogens is 1. The summed E-state index contributed by atoms with van der Waals surface area (Å²) in [5.41, 5.74) is 3.56. The molecule has 0 saturated carbocycles. The van der Waals surface area contributed by atoms with E-state index in [4.69, 9.17) is 4.98 Å². The molecule has 0 fully saturated rings. The van der Waals surface area contributed by atoms with Crippen LogP contribution in [-0.4, -0.2) is 22.4 Å². The maximum Gasteiger partial charge on any atom is 0.237 e. The van der Waals surface area contributed by atoms with Gasteiger partial charge in [0.1, 0.15) is 5.82 Å². The van der Waals surface area contributed by atoms with Crippen LogP contribution in [0.5, 0.6) is 0 Å². The molecule has 1 aromatic carbocycles. The maximum atomic E-state index is 12.9. The van der Waals surface area contributed by atoms with Gasteiger partial charge in [0.2, 0.25) is 5.91 Å². The predicted molar refractivity (Wildman–Crippen MR) is 104 cm³/mol. The fourth-order valence-electron chi connectivity index (χ4n) is 3.55. The molecule has 1 N–H and O–H groups in total. The standard InChI is InChI=1S/C20H23N3OS/c1-5-6-9-23-16-11-15-14(10-13(16)20(3,4)19(23)24)21-18(22-15)17-8-7-12(2)25-17/h7-8,10-11H,5-6,9H2,1-4H3,(H,21,22). The van der Waals surface area contributed by atoms with Gasteiger partial charge in [0.05, 0.1) is 27.0 Å². The number of nitrogens with one attached hydrogen (secondary N) is 1. The summed E-state index contributed by atoms with van der Waals surface area (Å²) in [5.74, 6) is 1.10. The summed E-state index contributed by atoms with van der Waals surface area (Å²) in [5, 5.41) is 0. The minimum absolute atomic E-state index is 0.192. The van der Waals surface area contributed by atoms with E-state index in [1.165, 1.54) is 4.88 Å². The molecule has 0 unspecified atom stereocenters. The summed E-state index contributed by atoms with van der Waals surface area (Å²) in [6, 6.07) is 8.41. The van der Waals surface area contributed by atoms with E-state index >= 15 is 0 Å². The molecule has 0 radical (unpaired) electrons. The number of rotatable bonds is 4. The van der Waals surface area contributed by atoms with Crippen LogP contribution in [0.4, 0.5) is 5.69 Å². The van der Waals surface area contributed by atoms with Crippen molar-refractivity contribution in [1.82, 2.24) is 9.97 Å². The van der Waals surface area contributed by atoms with Crippen molar-refractivity contribution in [3.05, 3.63) is 34.7 Å². The van der Waals surface area contributed by atoms with Gasteiger partial charge in [-0.2, -0.15) is 0 Å². The molecular formula is C20H23N3OS. The lowest BCUT2D eigenvalue weighted by Crippen LogP contribution is -2.36. The van der Waals surface area contributed by atoms with E-state index in [0.29, 0.717) is 0 Å². The van der Waals surface area contributed by atoms with E-state index in [9.17, 15) is 4.79 Å². The van der Waals surface area contributed by atoms with Crippen molar-refractivity contribution in [3.63, 3.8) is 0 Å². The van der Waals surface area contributed by atoms with Crippen molar-refractivity contribution >= 4 is 34.0 Å². The Labute approximate surface area is 151 Å². The first kappa shape index (κ1) is 16.3. The number of nitrogens with zero attached hydrogens (tertiary/aromatic N) is 2. The first-order chi connectivity index (χ1) is 11.9. The van der Waals surface area contributed by atoms with Gasteiger partial charge in [-0.1, -0.05) is 13.3 Å². The van der Waals surface area contributed by atoms with Gasteiger partial charge >= 0.3 is 0 Å². The summed E-state index contributed by atoms with van der Waals surface area (Å²) < 4.78 is 0. The van der Waals surface area contributed by atoms with E-state index < -0.39 is 5.41 Å². The highest BCUT2D eigenvalue weighted by molar-refractivity contribution is 7.15. The van der Waals surface area contributed by atoms with Crippen LogP contribution in [0.25, 0.3) is 21.7 Å². The zero-order valence-electron chi connectivity index (χ0n) is 15.1. The molecule has 0 aliphatic carbocycles. The minimum atomic E-state index is -0.484. The van der Waals surface area contributed by atoms with Crippen LogP contribution < -0.4 is 4.90 Å². The summed E-state index contributed by atoms with van der Waals surface area (Å²) in [7, 11) is 0. The maximum absolute atomic E-state index is 12.9. The van der Waals surface area contributed by atoms with Crippen molar-refractivity contribution in [2.75, 3.05) is 11.4 Å². The molecule has 0 saturated heterocycles. The Kier molecular flexibility index (Phi) is 3.72. The third kappa shape index (κ3) is 2.49. The topological polar surface area (TPSA) is 49.0 Å². The van der Waals surface area contributed by atoms with Gasteiger partial charge in [0, 0.05) is 11.4 Å². The Morgan fingerprint density at radius 3 is 2.76 bits per heavy atom. The lowest BCUT2D eigenvalue weighted by Gasteiger charge is -2.20. The summed E-state index contributed by atoms with van der Waals surface area (Å²) >= 11 is 1.74. The van der Waals surface area contributed by atoms with Crippen LogP contribution in [0.2, 0.25) is 0 Å². The highest BCUT2D eigenvalue weighted by atomic mass is 32.1. The number of aryl methyl sites for hydroxylation is 1. The van der Waals surface area contributed by atoms with Crippen LogP contribution in [0.3, 0.4) is 0 Å². The number of benzene rings is 1. The molecule has 1 aliphatic heterocycles. The quantitative estimate of drug-likeness (QED) is 0.715. The zero-order chi connectivity index (χ0) is 17.8. The molecular weight excluding hydrogens is 330 g/mol. The van der Waals surface area contributed by atoms with E-state index in [1.807, 2.05) is 18.7 Å². The van der Waals surface area contributed by atoms with Crippen molar-refractivity contribution < 1.29 is 4.79 Å². The molecule has 3 heterocycles. The molecule has 4 rings (SSSR count). The molecule has 0 spiro atoms. The summed E-state index contributed by atoms with van der Waals surface area (Å²) in [6.07, 6.45) is 2.09. The number of imidazole rings is 1. The molecule has 0 bridgehead atoms. The number of carbonyl (C=O) groups is 1. The number of anilines is 1. The number of unbranched alkanes of at least 4 members (excludes halogenated alkanes) is 1. The van der Waals surface area contributed by atoms with Gasteiger partial charge in [0.25, 0.3) is 0 Å². The Morgan fingerprint density at radius 1 is 1.28 bits per heavy atom. The molecule has 2 aromatic heterocycles. The Bertz CT molecular complexity index is 967. The molecule has 5 heteroatoms. The smallest absolute Gasteiger partial charge is 0.237 e. The number of aromatic nitrogens is 2. The number of hydrogen-bond donors (Lipinski definition) is 1. The van der Waals surface area contributed by atoms with Crippen molar-refractivity contribution in [3.8, 4) is 10.7 Å². The fourth-order valence-corrected chi connectivity index (χ4v) is 4.36. The SMILES string of the molecule is CCCCN1C(=O)C(C)(C)c2cc3[nH]c(-c4ccc(C)s4)nc3cc21. The van der Waals surface area contributed by atoms with E-state index in [-0.39, 0.29) is 5.91 Å². The molecule has 25 heavy (non-hydrogen) atoms. The Balaban J connectivity index is 1.84. The lowest BCUT2D eigenvalue weighted by atomic mass is 9.86.